The summed E-state index contributed by atoms with van der Waals surface area (Å²) >= 11 is 0. The zero-order valence-electron chi connectivity index (χ0n) is 15.0. The zero-order chi connectivity index (χ0) is 19.9. The quantitative estimate of drug-likeness (QED) is 0.224. The molecule has 0 saturated heterocycles. The molecule has 1 aliphatic rings. The maximum Gasteiger partial charge on any atom is 0.330 e. The fourth-order valence-electron chi connectivity index (χ4n) is 2.42. The van der Waals surface area contributed by atoms with Crippen LogP contribution in [0.15, 0.2) is 42.5 Å². The van der Waals surface area contributed by atoms with Crippen molar-refractivity contribution < 1.29 is 33.4 Å². The molecule has 0 radical (unpaired) electrons. The molecule has 0 fully saturated rings. The number of nitro groups is 1. The number of rotatable bonds is 8. The van der Waals surface area contributed by atoms with E-state index in [1.165, 1.54) is 18.2 Å². The first kappa shape index (κ1) is 19.0. The summed E-state index contributed by atoms with van der Waals surface area (Å²) < 4.78 is 25.8. The Morgan fingerprint density at radius 3 is 2.50 bits per heavy atom. The monoisotopic (exact) mass is 387 g/mol. The number of esters is 1. The molecule has 0 aliphatic carbocycles. The van der Waals surface area contributed by atoms with Gasteiger partial charge in [-0.25, -0.2) is 4.79 Å². The predicted octanol–water partition coefficient (Wildman–Crippen LogP) is 2.97. The van der Waals surface area contributed by atoms with Crippen LogP contribution in [0.3, 0.4) is 0 Å². The van der Waals surface area contributed by atoms with Crippen LogP contribution in [0.2, 0.25) is 0 Å². The summed E-state index contributed by atoms with van der Waals surface area (Å²) in [5, 5.41) is 11.2. The van der Waals surface area contributed by atoms with Gasteiger partial charge in [0, 0.05) is 6.08 Å². The van der Waals surface area contributed by atoms with Crippen LogP contribution in [0.4, 0.5) is 5.69 Å². The second kappa shape index (κ2) is 8.76. The summed E-state index contributed by atoms with van der Waals surface area (Å²) in [4.78, 5) is 22.4. The summed E-state index contributed by atoms with van der Waals surface area (Å²) in [6.07, 6.45) is 2.41. The van der Waals surface area contributed by atoms with Gasteiger partial charge in [-0.15, -0.1) is 0 Å². The second-order valence-corrected chi connectivity index (χ2v) is 5.55. The van der Waals surface area contributed by atoms with Crippen molar-refractivity contribution in [3.8, 4) is 23.0 Å². The number of hydrogen-bond acceptors (Lipinski definition) is 8. The van der Waals surface area contributed by atoms with Gasteiger partial charge in [-0.3, -0.25) is 10.1 Å². The molecule has 3 rings (SSSR count). The molecule has 146 valence electrons. The average molecular weight is 387 g/mol. The molecular formula is C19H17NO8. The van der Waals surface area contributed by atoms with E-state index < -0.39 is 10.9 Å². The number of benzene rings is 2. The number of fused-ring (bicyclic) bond motifs is 1. The van der Waals surface area contributed by atoms with Gasteiger partial charge in [-0.1, -0.05) is 0 Å². The lowest BCUT2D eigenvalue weighted by Gasteiger charge is -2.07. The zero-order valence-corrected chi connectivity index (χ0v) is 15.0. The van der Waals surface area contributed by atoms with Crippen LogP contribution < -0.4 is 18.9 Å². The maximum absolute atomic E-state index is 11.8. The molecule has 9 nitrogen and oxygen atoms in total. The number of hydrogen-bond donors (Lipinski definition) is 0. The molecule has 1 aliphatic heterocycles. The van der Waals surface area contributed by atoms with Crippen molar-refractivity contribution in [2.24, 2.45) is 0 Å². The molecule has 0 atom stereocenters. The van der Waals surface area contributed by atoms with Crippen molar-refractivity contribution in [3.63, 3.8) is 0 Å². The Bertz CT molecular complexity index is 892. The van der Waals surface area contributed by atoms with Crippen LogP contribution >= 0.6 is 0 Å². The highest BCUT2D eigenvalue weighted by molar-refractivity contribution is 5.88. The Morgan fingerprint density at radius 1 is 1.14 bits per heavy atom. The normalized spacial score (nSPS) is 12.0. The van der Waals surface area contributed by atoms with E-state index in [9.17, 15) is 14.9 Å². The molecule has 2 aromatic rings. The summed E-state index contributed by atoms with van der Waals surface area (Å²) in [5.41, 5.74) is 0.0109. The van der Waals surface area contributed by atoms with Crippen LogP contribution in [0.25, 0.3) is 6.08 Å². The topological polar surface area (TPSA) is 106 Å². The van der Waals surface area contributed by atoms with Crippen LogP contribution in [0, 0.1) is 10.1 Å². The molecule has 28 heavy (non-hydrogen) atoms. The van der Waals surface area contributed by atoms with E-state index >= 15 is 0 Å². The highest BCUT2D eigenvalue weighted by atomic mass is 16.7. The standard InChI is InChI=1S/C19H17NO8/c1-24-14-3-5-15(6-4-14)25-8-9-26-19(21)7-2-13-10-17-18(28-12-27-17)11-16(13)20(22)23/h2-7,10-11H,8-9,12H2,1H3/b7-2+. The minimum absolute atomic E-state index is 0.00408. The van der Waals surface area contributed by atoms with E-state index in [2.05, 4.69) is 0 Å². The van der Waals surface area contributed by atoms with Gasteiger partial charge >= 0.3 is 5.97 Å². The molecule has 0 bridgehead atoms. The lowest BCUT2D eigenvalue weighted by molar-refractivity contribution is -0.385. The fourth-order valence-corrected chi connectivity index (χ4v) is 2.42. The van der Waals surface area contributed by atoms with Crippen molar-refractivity contribution >= 4 is 17.7 Å². The van der Waals surface area contributed by atoms with Gasteiger partial charge in [0.2, 0.25) is 6.79 Å². The molecule has 0 N–H and O–H groups in total. The molecule has 1 heterocycles. The molecule has 2 aromatic carbocycles. The summed E-state index contributed by atoms with van der Waals surface area (Å²) in [5.74, 6) is 1.35. The van der Waals surface area contributed by atoms with Gasteiger partial charge < -0.3 is 23.7 Å². The minimum Gasteiger partial charge on any atom is -0.497 e. The highest BCUT2D eigenvalue weighted by Gasteiger charge is 2.22. The number of nitro benzene ring substituents is 1. The first-order valence-corrected chi connectivity index (χ1v) is 8.26. The summed E-state index contributed by atoms with van der Waals surface area (Å²) in [7, 11) is 1.57. The fraction of sp³-hybridized carbons (Fsp3) is 0.211. The van der Waals surface area contributed by atoms with Crippen LogP contribution in [0.5, 0.6) is 23.0 Å². The van der Waals surface area contributed by atoms with E-state index in [1.54, 1.807) is 31.4 Å². The summed E-state index contributed by atoms with van der Waals surface area (Å²) in [6.45, 7) is 0.185. The molecular weight excluding hydrogens is 370 g/mol. The van der Waals surface area contributed by atoms with Crippen molar-refractivity contribution in [2.45, 2.75) is 0 Å². The van der Waals surface area contributed by atoms with E-state index in [0.717, 1.165) is 6.08 Å². The molecule has 0 amide bonds. The van der Waals surface area contributed by atoms with Gasteiger partial charge in [-0.2, -0.15) is 0 Å². The third kappa shape index (κ3) is 4.70. The third-order valence-corrected chi connectivity index (χ3v) is 3.77. The Balaban J connectivity index is 1.52. The van der Waals surface area contributed by atoms with Gasteiger partial charge in [0.05, 0.1) is 23.7 Å². The Hall–Kier alpha value is -3.75. The number of carbonyl (C=O) groups excluding carboxylic acids is 1. The minimum atomic E-state index is -0.648. The number of nitrogens with zero attached hydrogens (tertiary/aromatic N) is 1. The predicted molar refractivity (Wildman–Crippen MR) is 97.7 cm³/mol. The van der Waals surface area contributed by atoms with E-state index in [0.29, 0.717) is 23.0 Å². The third-order valence-electron chi connectivity index (χ3n) is 3.77. The molecule has 0 aromatic heterocycles. The highest BCUT2D eigenvalue weighted by Crippen LogP contribution is 2.38. The van der Waals surface area contributed by atoms with Gasteiger partial charge in [0.1, 0.15) is 24.7 Å². The molecule has 0 saturated carbocycles. The van der Waals surface area contributed by atoms with E-state index in [-0.39, 0.29) is 31.3 Å². The smallest absolute Gasteiger partial charge is 0.330 e. The first-order chi connectivity index (χ1) is 13.6. The maximum atomic E-state index is 11.8. The Kier molecular flexibility index (Phi) is 5.95. The largest absolute Gasteiger partial charge is 0.497 e. The van der Waals surface area contributed by atoms with Crippen molar-refractivity contribution in [3.05, 3.63) is 58.2 Å². The van der Waals surface area contributed by atoms with Crippen LogP contribution in [-0.4, -0.2) is 38.0 Å². The van der Waals surface area contributed by atoms with Gasteiger partial charge in [-0.05, 0) is 36.4 Å². The van der Waals surface area contributed by atoms with Crippen LogP contribution in [0.1, 0.15) is 5.56 Å². The van der Waals surface area contributed by atoms with Crippen molar-refractivity contribution in [1.29, 1.82) is 0 Å². The van der Waals surface area contributed by atoms with Gasteiger partial charge in [0.15, 0.2) is 11.5 Å². The number of carbonyl (C=O) groups is 1. The first-order valence-electron chi connectivity index (χ1n) is 8.26. The second-order valence-electron chi connectivity index (χ2n) is 5.55. The Labute approximate surface area is 160 Å². The van der Waals surface area contributed by atoms with Gasteiger partial charge in [0.25, 0.3) is 5.69 Å². The molecule has 0 spiro atoms. The lowest BCUT2D eigenvalue weighted by atomic mass is 10.1. The van der Waals surface area contributed by atoms with Crippen LogP contribution in [-0.2, 0) is 9.53 Å². The average Bonchev–Trinajstić information content (AvgIpc) is 3.16. The number of methoxy groups -OCH3 is 1. The van der Waals surface area contributed by atoms with Crippen molar-refractivity contribution in [1.82, 2.24) is 0 Å². The molecule has 0 unspecified atom stereocenters. The lowest BCUT2D eigenvalue weighted by Crippen LogP contribution is -2.10. The van der Waals surface area contributed by atoms with E-state index in [1.807, 2.05) is 0 Å². The van der Waals surface area contributed by atoms with Crippen molar-refractivity contribution in [2.75, 3.05) is 27.1 Å². The Morgan fingerprint density at radius 2 is 1.82 bits per heavy atom. The SMILES string of the molecule is COc1ccc(OCCOC(=O)/C=C/c2cc3c(cc2[N+](=O)[O-])OCO3)cc1. The summed E-state index contributed by atoms with van der Waals surface area (Å²) in [6, 6.07) is 9.68. The van der Waals surface area contributed by atoms with E-state index in [4.69, 9.17) is 23.7 Å². The molecule has 9 heteroatoms. The number of ether oxygens (including phenoxy) is 5.